The maximum atomic E-state index is 13.5. The molecule has 1 aromatic heterocycles. The van der Waals surface area contributed by atoms with Crippen molar-refractivity contribution < 1.29 is 14.3 Å². The number of hydrogen-bond donors (Lipinski definition) is 1. The van der Waals surface area contributed by atoms with Crippen LogP contribution in [0.2, 0.25) is 0 Å². The van der Waals surface area contributed by atoms with Gasteiger partial charge in [-0.2, -0.15) is 0 Å². The Bertz CT molecular complexity index is 1260. The predicted octanol–water partition coefficient (Wildman–Crippen LogP) is 5.47. The fraction of sp³-hybridized carbons (Fsp3) is 0.241. The van der Waals surface area contributed by atoms with Crippen LogP contribution in [-0.4, -0.2) is 41.5 Å². The summed E-state index contributed by atoms with van der Waals surface area (Å²) in [4.78, 5) is 31.6. The number of amides is 1. The molecule has 0 saturated carbocycles. The summed E-state index contributed by atoms with van der Waals surface area (Å²) in [5.41, 5.74) is 4.84. The predicted molar refractivity (Wildman–Crippen MR) is 133 cm³/mol. The molecular weight excluding hydrogens is 424 g/mol. The third-order valence-corrected chi connectivity index (χ3v) is 6.79. The Balaban J connectivity index is 1.37. The fourth-order valence-electron chi connectivity index (χ4n) is 5.07. The van der Waals surface area contributed by atoms with Crippen LogP contribution in [0.5, 0.6) is 0 Å². The van der Waals surface area contributed by atoms with Crippen LogP contribution in [0.25, 0.3) is 22.0 Å². The van der Waals surface area contributed by atoms with Gasteiger partial charge in [0.05, 0.1) is 13.0 Å². The van der Waals surface area contributed by atoms with Crippen molar-refractivity contribution in [2.45, 2.75) is 25.3 Å². The van der Waals surface area contributed by atoms with E-state index in [-0.39, 0.29) is 17.9 Å². The smallest absolute Gasteiger partial charge is 0.311 e. The Morgan fingerprint density at radius 3 is 2.41 bits per heavy atom. The zero-order chi connectivity index (χ0) is 23.5. The molecule has 0 spiro atoms. The maximum Gasteiger partial charge on any atom is 0.311 e. The molecule has 1 saturated heterocycles. The lowest BCUT2D eigenvalue weighted by molar-refractivity contribution is -0.147. The summed E-state index contributed by atoms with van der Waals surface area (Å²) in [5.74, 6) is -0.733. The summed E-state index contributed by atoms with van der Waals surface area (Å²) in [5, 5.41) is 1.11. The largest absolute Gasteiger partial charge is 0.469 e. The van der Waals surface area contributed by atoms with Crippen molar-refractivity contribution in [1.82, 2.24) is 9.88 Å². The zero-order valence-electron chi connectivity index (χ0n) is 19.2. The van der Waals surface area contributed by atoms with E-state index in [9.17, 15) is 9.59 Å². The van der Waals surface area contributed by atoms with Gasteiger partial charge in [0.15, 0.2) is 0 Å². The molecule has 5 nitrogen and oxygen atoms in total. The van der Waals surface area contributed by atoms with Crippen LogP contribution in [0.4, 0.5) is 0 Å². The summed E-state index contributed by atoms with van der Waals surface area (Å²) in [6, 6.07) is 27.8. The molecule has 1 N–H and O–H groups in total. The first-order chi connectivity index (χ1) is 16.6. The van der Waals surface area contributed by atoms with E-state index in [4.69, 9.17) is 4.74 Å². The number of nitrogens with zero attached hydrogens (tertiary/aromatic N) is 1. The molecule has 172 valence electrons. The Morgan fingerprint density at radius 1 is 0.971 bits per heavy atom. The molecule has 3 aromatic carbocycles. The monoisotopic (exact) mass is 452 g/mol. The number of nitrogens with one attached hydrogen (secondary N) is 1. The van der Waals surface area contributed by atoms with Crippen molar-refractivity contribution in [3.05, 3.63) is 96.2 Å². The van der Waals surface area contributed by atoms with Crippen LogP contribution in [0.3, 0.4) is 0 Å². The van der Waals surface area contributed by atoms with Crippen LogP contribution in [0.1, 0.15) is 28.9 Å². The number of hydrogen-bond acceptors (Lipinski definition) is 3. The SMILES string of the molecule is COC(=O)C(Cc1cc2ccccc2[nH]1)C1CCCN1C(=O)c1ccc(-c2ccccc2)cc1. The molecule has 34 heavy (non-hydrogen) atoms. The Hall–Kier alpha value is -3.86. The van der Waals surface area contributed by atoms with Crippen molar-refractivity contribution in [3.8, 4) is 11.1 Å². The van der Waals surface area contributed by atoms with Gasteiger partial charge in [-0.25, -0.2) is 0 Å². The van der Waals surface area contributed by atoms with Crippen LogP contribution in [0.15, 0.2) is 84.9 Å². The van der Waals surface area contributed by atoms with Gasteiger partial charge in [-0.05, 0) is 53.6 Å². The standard InChI is InChI=1S/C29H28N2O3/c1-34-29(33)25(19-24-18-23-10-5-6-11-26(23)30-24)27-12-7-17-31(27)28(32)22-15-13-21(14-16-22)20-8-3-2-4-9-20/h2-6,8-11,13-16,18,25,27,30H,7,12,17,19H2,1H3. The van der Waals surface area contributed by atoms with Crippen molar-refractivity contribution in [3.63, 3.8) is 0 Å². The first-order valence-corrected chi connectivity index (χ1v) is 11.7. The molecule has 2 heterocycles. The molecule has 5 heteroatoms. The lowest BCUT2D eigenvalue weighted by atomic mass is 9.92. The molecule has 0 aliphatic carbocycles. The average molecular weight is 453 g/mol. The lowest BCUT2D eigenvalue weighted by Gasteiger charge is -2.30. The number of esters is 1. The van der Waals surface area contributed by atoms with E-state index in [2.05, 4.69) is 23.2 Å². The first-order valence-electron chi connectivity index (χ1n) is 11.7. The number of carbonyl (C=O) groups is 2. The molecular formula is C29H28N2O3. The average Bonchev–Trinajstić information content (AvgIpc) is 3.54. The van der Waals surface area contributed by atoms with Crippen molar-refractivity contribution in [2.24, 2.45) is 5.92 Å². The molecule has 1 amide bonds. The maximum absolute atomic E-state index is 13.5. The number of methoxy groups -OCH3 is 1. The minimum absolute atomic E-state index is 0.0346. The van der Waals surface area contributed by atoms with Crippen LogP contribution < -0.4 is 0 Å². The highest BCUT2D eigenvalue weighted by molar-refractivity contribution is 5.95. The molecule has 1 aliphatic heterocycles. The van der Waals surface area contributed by atoms with Gasteiger partial charge in [0.25, 0.3) is 5.91 Å². The summed E-state index contributed by atoms with van der Waals surface area (Å²) in [6.07, 6.45) is 2.16. The van der Waals surface area contributed by atoms with Gasteiger partial charge < -0.3 is 14.6 Å². The van der Waals surface area contributed by atoms with Crippen molar-refractivity contribution in [1.29, 1.82) is 0 Å². The number of aromatic nitrogens is 1. The molecule has 2 atom stereocenters. The number of benzene rings is 3. The normalized spacial score (nSPS) is 16.5. The number of H-pyrrole nitrogens is 1. The van der Waals surface area contributed by atoms with Gasteiger partial charge in [-0.15, -0.1) is 0 Å². The number of ether oxygens (including phenoxy) is 1. The number of likely N-dealkylation sites (tertiary alicyclic amines) is 1. The minimum atomic E-state index is -0.423. The van der Waals surface area contributed by atoms with E-state index >= 15 is 0 Å². The quantitative estimate of drug-likeness (QED) is 0.395. The minimum Gasteiger partial charge on any atom is -0.469 e. The van der Waals surface area contributed by atoms with Crippen LogP contribution in [-0.2, 0) is 16.0 Å². The highest BCUT2D eigenvalue weighted by Crippen LogP contribution is 2.30. The van der Waals surface area contributed by atoms with Gasteiger partial charge in [-0.3, -0.25) is 9.59 Å². The van der Waals surface area contributed by atoms with Gasteiger partial charge in [-0.1, -0.05) is 60.7 Å². The summed E-state index contributed by atoms with van der Waals surface area (Å²) >= 11 is 0. The molecule has 5 rings (SSSR count). The number of aromatic amines is 1. The van der Waals surface area contributed by atoms with Crippen LogP contribution >= 0.6 is 0 Å². The molecule has 0 bridgehead atoms. The van der Waals surface area contributed by atoms with E-state index < -0.39 is 5.92 Å². The zero-order valence-corrected chi connectivity index (χ0v) is 19.2. The number of rotatable bonds is 6. The van der Waals surface area contributed by atoms with E-state index in [1.54, 1.807) is 0 Å². The Labute approximate surface area is 199 Å². The third kappa shape index (κ3) is 4.34. The summed E-state index contributed by atoms with van der Waals surface area (Å²) in [6.45, 7) is 0.643. The number of carbonyl (C=O) groups excluding carboxylic acids is 2. The van der Waals surface area contributed by atoms with E-state index in [1.807, 2.05) is 71.6 Å². The molecule has 0 radical (unpaired) electrons. The topological polar surface area (TPSA) is 62.4 Å². The molecule has 4 aromatic rings. The van der Waals surface area contributed by atoms with Crippen molar-refractivity contribution >= 4 is 22.8 Å². The second-order valence-electron chi connectivity index (χ2n) is 8.87. The number of para-hydroxylation sites is 1. The van der Waals surface area contributed by atoms with E-state index in [0.717, 1.165) is 40.6 Å². The van der Waals surface area contributed by atoms with Crippen molar-refractivity contribution in [2.75, 3.05) is 13.7 Å². The molecule has 2 unspecified atom stereocenters. The Morgan fingerprint density at radius 2 is 1.68 bits per heavy atom. The molecule has 1 aliphatic rings. The van der Waals surface area contributed by atoms with Gasteiger partial charge in [0, 0.05) is 35.8 Å². The molecule has 1 fully saturated rings. The summed E-state index contributed by atoms with van der Waals surface area (Å²) < 4.78 is 5.18. The van der Waals surface area contributed by atoms with Gasteiger partial charge >= 0.3 is 5.97 Å². The third-order valence-electron chi connectivity index (χ3n) is 6.79. The second kappa shape index (κ2) is 9.56. The van der Waals surface area contributed by atoms with E-state index in [0.29, 0.717) is 18.5 Å². The van der Waals surface area contributed by atoms with Gasteiger partial charge in [0.1, 0.15) is 0 Å². The number of fused-ring (bicyclic) bond motifs is 1. The fourth-order valence-corrected chi connectivity index (χ4v) is 5.07. The highest BCUT2D eigenvalue weighted by Gasteiger charge is 2.39. The highest BCUT2D eigenvalue weighted by atomic mass is 16.5. The van der Waals surface area contributed by atoms with Gasteiger partial charge in [0.2, 0.25) is 0 Å². The first kappa shape index (κ1) is 22.0. The van der Waals surface area contributed by atoms with Crippen LogP contribution in [0, 0.1) is 5.92 Å². The summed E-state index contributed by atoms with van der Waals surface area (Å²) in [7, 11) is 1.42. The second-order valence-corrected chi connectivity index (χ2v) is 8.87. The lowest BCUT2D eigenvalue weighted by Crippen LogP contribution is -2.44. The Kier molecular flexibility index (Phi) is 6.17. The van der Waals surface area contributed by atoms with E-state index in [1.165, 1.54) is 7.11 Å².